The average Bonchev–Trinajstić information content (AvgIpc) is 2.65. The third-order valence-electron chi connectivity index (χ3n) is 2.94. The highest BCUT2D eigenvalue weighted by molar-refractivity contribution is 9.10. The van der Waals surface area contributed by atoms with E-state index in [4.69, 9.17) is 0 Å². The van der Waals surface area contributed by atoms with Gasteiger partial charge in [-0.25, -0.2) is 4.39 Å². The van der Waals surface area contributed by atoms with Gasteiger partial charge in [0, 0.05) is 17.1 Å². The van der Waals surface area contributed by atoms with Crippen LogP contribution in [0.2, 0.25) is 0 Å². The maximum absolute atomic E-state index is 13.5. The fraction of sp³-hybridized carbons (Fsp3) is 0.500. The molecule has 1 aliphatic rings. The lowest BCUT2D eigenvalue weighted by Gasteiger charge is -2.16. The molecule has 88 valence electrons. The number of aliphatic hydroxyl groups excluding tert-OH is 1. The highest BCUT2D eigenvalue weighted by Crippen LogP contribution is 2.37. The number of aliphatic hydroxyl groups is 1. The van der Waals surface area contributed by atoms with Gasteiger partial charge in [-0.3, -0.25) is 0 Å². The molecule has 2 nitrogen and oxygen atoms in total. The lowest BCUT2D eigenvalue weighted by molar-refractivity contribution is 0.186. The molecule has 1 aromatic rings. The van der Waals surface area contributed by atoms with Gasteiger partial charge in [0.15, 0.2) is 0 Å². The van der Waals surface area contributed by atoms with E-state index in [1.807, 2.05) is 0 Å². The molecule has 0 heterocycles. The maximum Gasteiger partial charge on any atom is 0.126 e. The van der Waals surface area contributed by atoms with Crippen molar-refractivity contribution in [3.63, 3.8) is 0 Å². The van der Waals surface area contributed by atoms with Crippen LogP contribution in [-0.4, -0.2) is 17.8 Å². The normalized spacial score (nSPS) is 20.9. The van der Waals surface area contributed by atoms with Crippen LogP contribution in [0, 0.1) is 5.82 Å². The van der Waals surface area contributed by atoms with E-state index < -0.39 is 0 Å². The highest BCUT2D eigenvalue weighted by Gasteiger charge is 2.27. The quantitative estimate of drug-likeness (QED) is 0.896. The minimum absolute atomic E-state index is 0.125. The minimum atomic E-state index is -0.378. The summed E-state index contributed by atoms with van der Waals surface area (Å²) < 4.78 is 14.5. The summed E-state index contributed by atoms with van der Waals surface area (Å²) in [6.07, 6.45) is 1.27. The smallest absolute Gasteiger partial charge is 0.126 e. The fourth-order valence-electron chi connectivity index (χ4n) is 2.19. The number of halogens is 2. The second-order valence-corrected chi connectivity index (χ2v) is 5.12. The first-order valence-electron chi connectivity index (χ1n) is 5.48. The number of nitrogens with one attached hydrogen (secondary N) is 1. The number of benzene rings is 1. The number of fused-ring (bicyclic) bond motifs is 1. The van der Waals surface area contributed by atoms with Crippen LogP contribution in [-0.2, 0) is 6.42 Å². The Kier molecular flexibility index (Phi) is 3.62. The van der Waals surface area contributed by atoms with Gasteiger partial charge in [0.2, 0.25) is 0 Å². The van der Waals surface area contributed by atoms with Crippen molar-refractivity contribution >= 4 is 15.9 Å². The van der Waals surface area contributed by atoms with E-state index in [9.17, 15) is 9.50 Å². The third-order valence-corrected chi connectivity index (χ3v) is 3.63. The van der Waals surface area contributed by atoms with Gasteiger partial charge in [-0.2, -0.15) is 0 Å². The van der Waals surface area contributed by atoms with Crippen LogP contribution < -0.4 is 5.32 Å². The summed E-state index contributed by atoms with van der Waals surface area (Å²) in [4.78, 5) is 0. The molecule has 0 spiro atoms. The SMILES string of the molecule is C[C@H](O)CNC1CCc2c(F)ccc(Br)c21. The van der Waals surface area contributed by atoms with Crippen LogP contribution >= 0.6 is 15.9 Å². The van der Waals surface area contributed by atoms with Gasteiger partial charge in [-0.15, -0.1) is 0 Å². The fourth-order valence-corrected chi connectivity index (χ4v) is 2.84. The van der Waals surface area contributed by atoms with Gasteiger partial charge in [0.1, 0.15) is 5.82 Å². The van der Waals surface area contributed by atoms with Crippen LogP contribution in [0.4, 0.5) is 4.39 Å². The first kappa shape index (κ1) is 12.0. The van der Waals surface area contributed by atoms with E-state index in [-0.39, 0.29) is 18.0 Å². The van der Waals surface area contributed by atoms with Crippen molar-refractivity contribution < 1.29 is 9.50 Å². The zero-order valence-electron chi connectivity index (χ0n) is 9.13. The molecule has 0 saturated carbocycles. The Morgan fingerprint density at radius 1 is 1.62 bits per heavy atom. The van der Waals surface area contributed by atoms with Crippen molar-refractivity contribution in [1.29, 1.82) is 0 Å². The molecule has 0 aromatic heterocycles. The molecule has 0 fully saturated rings. The molecular formula is C12H15BrFNO. The second kappa shape index (κ2) is 4.82. The van der Waals surface area contributed by atoms with Crippen LogP contribution in [0.15, 0.2) is 16.6 Å². The van der Waals surface area contributed by atoms with Gasteiger partial charge >= 0.3 is 0 Å². The van der Waals surface area contributed by atoms with Crippen molar-refractivity contribution in [2.45, 2.75) is 31.9 Å². The predicted molar refractivity (Wildman–Crippen MR) is 64.8 cm³/mol. The Morgan fingerprint density at radius 3 is 3.06 bits per heavy atom. The molecule has 0 bridgehead atoms. The summed E-state index contributed by atoms with van der Waals surface area (Å²) in [6.45, 7) is 2.27. The molecule has 16 heavy (non-hydrogen) atoms. The first-order chi connectivity index (χ1) is 7.59. The van der Waals surface area contributed by atoms with Gasteiger partial charge in [-0.05, 0) is 43.0 Å². The van der Waals surface area contributed by atoms with Crippen molar-refractivity contribution in [2.24, 2.45) is 0 Å². The van der Waals surface area contributed by atoms with E-state index in [2.05, 4.69) is 21.2 Å². The summed E-state index contributed by atoms with van der Waals surface area (Å²) in [5.41, 5.74) is 1.82. The summed E-state index contributed by atoms with van der Waals surface area (Å²) in [7, 11) is 0. The van der Waals surface area contributed by atoms with Gasteiger partial charge in [0.05, 0.1) is 6.10 Å². The van der Waals surface area contributed by atoms with Crippen molar-refractivity contribution in [1.82, 2.24) is 5.32 Å². The Balaban J connectivity index is 2.22. The van der Waals surface area contributed by atoms with E-state index in [0.29, 0.717) is 6.54 Å². The summed E-state index contributed by atoms with van der Waals surface area (Å²) in [5, 5.41) is 12.5. The third kappa shape index (κ3) is 2.29. The van der Waals surface area contributed by atoms with Crippen molar-refractivity contribution in [2.75, 3.05) is 6.54 Å². The van der Waals surface area contributed by atoms with Gasteiger partial charge in [-0.1, -0.05) is 15.9 Å². The molecule has 0 saturated heterocycles. The van der Waals surface area contributed by atoms with Crippen molar-refractivity contribution in [3.05, 3.63) is 33.5 Å². The molecular weight excluding hydrogens is 273 g/mol. The Morgan fingerprint density at radius 2 is 2.38 bits per heavy atom. The number of hydrogen-bond acceptors (Lipinski definition) is 2. The lowest BCUT2D eigenvalue weighted by Crippen LogP contribution is -2.27. The molecule has 1 aromatic carbocycles. The molecule has 2 rings (SSSR count). The molecule has 0 radical (unpaired) electrons. The topological polar surface area (TPSA) is 32.3 Å². The van der Waals surface area contributed by atoms with Gasteiger partial charge < -0.3 is 10.4 Å². The van der Waals surface area contributed by atoms with Crippen molar-refractivity contribution in [3.8, 4) is 0 Å². The standard InChI is InChI=1S/C12H15BrFNO/c1-7(16)6-15-11-5-2-8-10(14)4-3-9(13)12(8)11/h3-4,7,11,15-16H,2,5-6H2,1H3/t7-,11?/m0/s1. The molecule has 1 unspecified atom stereocenters. The summed E-state index contributed by atoms with van der Waals surface area (Å²) >= 11 is 3.46. The zero-order chi connectivity index (χ0) is 11.7. The average molecular weight is 288 g/mol. The molecule has 4 heteroatoms. The molecule has 0 aliphatic heterocycles. The van der Waals surface area contributed by atoms with Crippen LogP contribution in [0.1, 0.15) is 30.5 Å². The lowest BCUT2D eigenvalue weighted by atomic mass is 10.1. The first-order valence-corrected chi connectivity index (χ1v) is 6.27. The van der Waals surface area contributed by atoms with Crippen LogP contribution in [0.25, 0.3) is 0 Å². The summed E-state index contributed by atoms with van der Waals surface area (Å²) in [5.74, 6) is -0.125. The molecule has 2 N–H and O–H groups in total. The number of hydrogen-bond donors (Lipinski definition) is 2. The van der Waals surface area contributed by atoms with Crippen LogP contribution in [0.3, 0.4) is 0 Å². The molecule has 2 atom stereocenters. The molecule has 1 aliphatic carbocycles. The Hall–Kier alpha value is -0.450. The second-order valence-electron chi connectivity index (χ2n) is 4.27. The predicted octanol–water partition coefficient (Wildman–Crippen LogP) is 2.55. The number of rotatable bonds is 3. The largest absolute Gasteiger partial charge is 0.392 e. The highest BCUT2D eigenvalue weighted by atomic mass is 79.9. The summed E-state index contributed by atoms with van der Waals surface area (Å²) in [6, 6.07) is 3.39. The Labute approximate surface area is 103 Å². The van der Waals surface area contributed by atoms with Gasteiger partial charge in [0.25, 0.3) is 0 Å². The van der Waals surface area contributed by atoms with E-state index in [0.717, 1.165) is 28.4 Å². The minimum Gasteiger partial charge on any atom is -0.392 e. The zero-order valence-corrected chi connectivity index (χ0v) is 10.7. The van der Waals surface area contributed by atoms with E-state index in [1.165, 1.54) is 6.07 Å². The van der Waals surface area contributed by atoms with E-state index >= 15 is 0 Å². The maximum atomic E-state index is 13.5. The molecule has 0 amide bonds. The Bertz CT molecular complexity index is 395. The van der Waals surface area contributed by atoms with Crippen LogP contribution in [0.5, 0.6) is 0 Å². The monoisotopic (exact) mass is 287 g/mol. The van der Waals surface area contributed by atoms with E-state index in [1.54, 1.807) is 13.0 Å².